The molecular weight excluding hydrogens is 611 g/mol. The number of likely N-dealkylation sites (tertiary alicyclic amines) is 1. The smallest absolute Gasteiger partial charge is 0.335 e. The van der Waals surface area contributed by atoms with Crippen LogP contribution in [0.15, 0.2) is 52.9 Å². The third-order valence-electron chi connectivity index (χ3n) is 8.74. The van der Waals surface area contributed by atoms with Gasteiger partial charge in [-0.25, -0.2) is 18.6 Å². The number of fused-ring (bicyclic) bond motifs is 2. The zero-order valence-electron chi connectivity index (χ0n) is 24.1. The maximum absolute atomic E-state index is 15.1. The molecule has 2 aromatic heterocycles. The number of aromatic carboxylic acids is 1. The maximum Gasteiger partial charge on any atom is 0.335 e. The molecule has 0 spiro atoms. The van der Waals surface area contributed by atoms with Crippen LogP contribution < -0.4 is 4.74 Å². The molecule has 2 aliphatic rings. The molecule has 7 rings (SSSR count). The fourth-order valence-electron chi connectivity index (χ4n) is 6.28. The van der Waals surface area contributed by atoms with E-state index in [1.54, 1.807) is 30.3 Å². The van der Waals surface area contributed by atoms with Crippen LogP contribution in [0.2, 0.25) is 5.02 Å². The molecule has 0 amide bonds. The van der Waals surface area contributed by atoms with E-state index in [2.05, 4.69) is 4.90 Å². The summed E-state index contributed by atoms with van der Waals surface area (Å²) < 4.78 is 62.2. The number of nitrogens with zero attached hydrogens (tertiary/aromatic N) is 3. The Morgan fingerprint density at radius 2 is 1.87 bits per heavy atom. The minimum Gasteiger partial charge on any atom is -0.485 e. The van der Waals surface area contributed by atoms with Crippen LogP contribution in [-0.2, 0) is 24.4 Å². The zero-order chi connectivity index (χ0) is 31.2. The first-order valence-corrected chi connectivity index (χ1v) is 15.2. The highest BCUT2D eigenvalue weighted by atomic mass is 35.5. The number of ether oxygens (including phenoxy) is 2. The van der Waals surface area contributed by atoms with Crippen molar-refractivity contribution in [3.05, 3.63) is 93.7 Å². The Morgan fingerprint density at radius 1 is 1.07 bits per heavy atom. The maximum atomic E-state index is 15.1. The average molecular weight is 640 g/mol. The van der Waals surface area contributed by atoms with E-state index >= 15 is 4.39 Å². The van der Waals surface area contributed by atoms with E-state index in [4.69, 9.17) is 30.5 Å². The van der Waals surface area contributed by atoms with Crippen LogP contribution in [0.3, 0.4) is 0 Å². The van der Waals surface area contributed by atoms with Gasteiger partial charge in [0, 0.05) is 35.3 Å². The number of aromatic nitrogens is 2. The van der Waals surface area contributed by atoms with E-state index in [0.717, 1.165) is 29.3 Å². The quantitative estimate of drug-likeness (QED) is 0.181. The summed E-state index contributed by atoms with van der Waals surface area (Å²) in [6.07, 6.45) is 2.24. The number of halogens is 4. The number of hydrogen-bond acceptors (Lipinski definition) is 6. The number of carbonyl (C=O) groups is 1. The third kappa shape index (κ3) is 5.87. The second-order valence-corrected chi connectivity index (χ2v) is 12.0. The van der Waals surface area contributed by atoms with Crippen LogP contribution in [0.4, 0.5) is 13.2 Å². The Labute approximate surface area is 260 Å². The Balaban J connectivity index is 1.08. The molecule has 5 aromatic rings. The van der Waals surface area contributed by atoms with Crippen molar-refractivity contribution in [2.24, 2.45) is 0 Å². The second kappa shape index (κ2) is 12.0. The molecule has 0 radical (unpaired) electrons. The van der Waals surface area contributed by atoms with Gasteiger partial charge in [0.2, 0.25) is 0 Å². The summed E-state index contributed by atoms with van der Waals surface area (Å²) >= 11 is 6.16. The standard InChI is InChI=1S/C33H29ClF3N3O5/c34-25-3-1-20(31-24(25)14-29(37)45-31)17-44-32-23(12-21(35)13-26(32)36)18-5-8-39(9-6-18)16-30-38-27-4-2-19(33(41)42)11-28(27)40(30)15-22-7-10-43-22/h1-4,11-14,18,22H,5-10,15-17H2,(H,41,42)/t22-/m0/s1. The summed E-state index contributed by atoms with van der Waals surface area (Å²) in [5.74, 6) is -1.88. The van der Waals surface area contributed by atoms with Crippen molar-refractivity contribution < 1.29 is 37.0 Å². The van der Waals surface area contributed by atoms with Gasteiger partial charge in [-0.15, -0.1) is 0 Å². The SMILES string of the molecule is O=C(O)c1ccc2nc(CN3CCC(c4cc(F)cc(F)c4OCc4ccc(Cl)c5cc(F)oc45)CC3)n(C[C@@H]3CCO3)c2c1. The molecule has 4 heterocycles. The lowest BCUT2D eigenvalue weighted by Gasteiger charge is -2.33. The van der Waals surface area contributed by atoms with Crippen LogP contribution in [0.25, 0.3) is 22.0 Å². The average Bonchev–Trinajstić information content (AvgIpc) is 3.55. The van der Waals surface area contributed by atoms with Crippen LogP contribution in [0, 0.1) is 17.6 Å². The number of imidazole rings is 1. The lowest BCUT2D eigenvalue weighted by atomic mass is 9.88. The summed E-state index contributed by atoms with van der Waals surface area (Å²) in [6, 6.07) is 10.6. The van der Waals surface area contributed by atoms with Crippen LogP contribution in [-0.4, -0.2) is 51.3 Å². The number of benzene rings is 3. The number of piperidine rings is 1. The minimum atomic E-state index is -0.999. The van der Waals surface area contributed by atoms with Gasteiger partial charge >= 0.3 is 5.97 Å². The Hall–Kier alpha value is -4.06. The predicted molar refractivity (Wildman–Crippen MR) is 160 cm³/mol. The molecule has 2 aliphatic heterocycles. The summed E-state index contributed by atoms with van der Waals surface area (Å²) in [4.78, 5) is 18.7. The first-order valence-electron chi connectivity index (χ1n) is 14.8. The number of carboxylic acids is 1. The van der Waals surface area contributed by atoms with Crippen molar-refractivity contribution in [3.63, 3.8) is 0 Å². The number of furan rings is 1. The van der Waals surface area contributed by atoms with Gasteiger partial charge in [0.15, 0.2) is 11.6 Å². The summed E-state index contributed by atoms with van der Waals surface area (Å²) in [6.45, 7) is 2.99. The molecule has 234 valence electrons. The molecule has 8 nitrogen and oxygen atoms in total. The molecule has 45 heavy (non-hydrogen) atoms. The minimum absolute atomic E-state index is 0.0403. The Bertz CT molecular complexity index is 1910. The molecule has 3 aromatic carbocycles. The van der Waals surface area contributed by atoms with Crippen molar-refractivity contribution >= 4 is 39.6 Å². The summed E-state index contributed by atoms with van der Waals surface area (Å²) in [5, 5.41) is 10.2. The Kier molecular flexibility index (Phi) is 7.93. The molecular formula is C33H29ClF3N3O5. The van der Waals surface area contributed by atoms with Gasteiger partial charge in [0.1, 0.15) is 23.8 Å². The van der Waals surface area contributed by atoms with E-state index in [9.17, 15) is 18.7 Å². The Morgan fingerprint density at radius 3 is 2.60 bits per heavy atom. The largest absolute Gasteiger partial charge is 0.485 e. The molecule has 1 N–H and O–H groups in total. The molecule has 12 heteroatoms. The molecule has 2 fully saturated rings. The van der Waals surface area contributed by atoms with E-state index in [0.29, 0.717) is 67.2 Å². The molecule has 0 bridgehead atoms. The van der Waals surface area contributed by atoms with Crippen molar-refractivity contribution in [2.75, 3.05) is 19.7 Å². The lowest BCUT2D eigenvalue weighted by Crippen LogP contribution is -2.35. The van der Waals surface area contributed by atoms with Crippen LogP contribution >= 0.6 is 11.6 Å². The highest BCUT2D eigenvalue weighted by Gasteiger charge is 2.28. The first kappa shape index (κ1) is 29.6. The van der Waals surface area contributed by atoms with Crippen molar-refractivity contribution in [3.8, 4) is 5.75 Å². The van der Waals surface area contributed by atoms with Gasteiger partial charge < -0.3 is 23.6 Å². The summed E-state index contributed by atoms with van der Waals surface area (Å²) in [5.41, 5.74) is 2.81. The van der Waals surface area contributed by atoms with E-state index in [-0.39, 0.29) is 35.5 Å². The molecule has 2 saturated heterocycles. The van der Waals surface area contributed by atoms with E-state index in [1.807, 2.05) is 4.57 Å². The van der Waals surface area contributed by atoms with Gasteiger partial charge in [-0.2, -0.15) is 4.39 Å². The van der Waals surface area contributed by atoms with Crippen molar-refractivity contribution in [1.82, 2.24) is 14.5 Å². The highest BCUT2D eigenvalue weighted by molar-refractivity contribution is 6.35. The lowest BCUT2D eigenvalue weighted by molar-refractivity contribution is -0.0592. The van der Waals surface area contributed by atoms with Gasteiger partial charge in [-0.3, -0.25) is 4.90 Å². The molecule has 0 aliphatic carbocycles. The highest BCUT2D eigenvalue weighted by Crippen LogP contribution is 2.38. The van der Waals surface area contributed by atoms with Gasteiger partial charge in [0.25, 0.3) is 6.01 Å². The topological polar surface area (TPSA) is 90.0 Å². The van der Waals surface area contributed by atoms with Crippen LogP contribution in [0.5, 0.6) is 5.75 Å². The van der Waals surface area contributed by atoms with Gasteiger partial charge in [0.05, 0.1) is 40.8 Å². The number of hydrogen-bond donors (Lipinski definition) is 1. The summed E-state index contributed by atoms with van der Waals surface area (Å²) in [7, 11) is 0. The second-order valence-electron chi connectivity index (χ2n) is 11.6. The van der Waals surface area contributed by atoms with Crippen molar-refractivity contribution in [2.45, 2.75) is 51.0 Å². The fourth-order valence-corrected chi connectivity index (χ4v) is 6.48. The molecule has 0 unspecified atom stereocenters. The van der Waals surface area contributed by atoms with Gasteiger partial charge in [-0.1, -0.05) is 17.7 Å². The normalized spacial score (nSPS) is 17.6. The number of rotatable bonds is 9. The zero-order valence-corrected chi connectivity index (χ0v) is 24.8. The van der Waals surface area contributed by atoms with Crippen LogP contribution in [0.1, 0.15) is 52.5 Å². The molecule has 1 atom stereocenters. The molecule has 0 saturated carbocycles. The fraction of sp³-hybridized carbons (Fsp3) is 0.333. The van der Waals surface area contributed by atoms with E-state index < -0.39 is 23.6 Å². The van der Waals surface area contributed by atoms with E-state index in [1.165, 1.54) is 12.1 Å². The predicted octanol–water partition coefficient (Wildman–Crippen LogP) is 7.30. The van der Waals surface area contributed by atoms with Crippen molar-refractivity contribution in [1.29, 1.82) is 0 Å². The third-order valence-corrected chi connectivity index (χ3v) is 9.07. The monoisotopic (exact) mass is 639 g/mol. The number of carboxylic acid groups (broad SMARTS) is 1. The first-order chi connectivity index (χ1) is 21.7. The van der Waals surface area contributed by atoms with Gasteiger partial charge in [-0.05, 0) is 68.6 Å².